The summed E-state index contributed by atoms with van der Waals surface area (Å²) in [5.74, 6) is 0.219. The van der Waals surface area contributed by atoms with Crippen LogP contribution < -0.4 is 10.1 Å². The molecule has 1 aromatic rings. The SMILES string of the molecule is COc1cccc(CNC(=O)CN(C)CC(O)C(F)(F)F)c1. The number of carbonyl (C=O) groups excluding carboxylic acids is 1. The highest BCUT2D eigenvalue weighted by atomic mass is 19.4. The van der Waals surface area contributed by atoms with E-state index in [1.807, 2.05) is 0 Å². The monoisotopic (exact) mass is 320 g/mol. The Morgan fingerprint density at radius 2 is 2.14 bits per heavy atom. The number of methoxy groups -OCH3 is 1. The Labute approximate surface area is 126 Å². The number of rotatable bonds is 7. The third-order valence-electron chi connectivity index (χ3n) is 2.90. The van der Waals surface area contributed by atoms with Gasteiger partial charge in [0, 0.05) is 13.1 Å². The van der Waals surface area contributed by atoms with Crippen LogP contribution in [0.4, 0.5) is 13.2 Å². The molecule has 2 N–H and O–H groups in total. The van der Waals surface area contributed by atoms with E-state index in [-0.39, 0.29) is 13.1 Å². The number of amides is 1. The first-order valence-corrected chi connectivity index (χ1v) is 6.55. The summed E-state index contributed by atoms with van der Waals surface area (Å²) in [4.78, 5) is 12.8. The van der Waals surface area contributed by atoms with Crippen LogP contribution in [0.3, 0.4) is 0 Å². The number of hydrogen-bond donors (Lipinski definition) is 2. The molecule has 124 valence electrons. The summed E-state index contributed by atoms with van der Waals surface area (Å²) in [5.41, 5.74) is 0.811. The fraction of sp³-hybridized carbons (Fsp3) is 0.500. The van der Waals surface area contributed by atoms with Crippen molar-refractivity contribution in [1.29, 1.82) is 0 Å². The van der Waals surface area contributed by atoms with E-state index in [2.05, 4.69) is 5.32 Å². The van der Waals surface area contributed by atoms with E-state index in [0.717, 1.165) is 10.5 Å². The number of aliphatic hydroxyl groups excluding tert-OH is 1. The molecule has 0 aromatic heterocycles. The number of halogens is 3. The smallest absolute Gasteiger partial charge is 0.415 e. The van der Waals surface area contributed by atoms with E-state index in [0.29, 0.717) is 5.75 Å². The van der Waals surface area contributed by atoms with Crippen LogP contribution in [-0.4, -0.2) is 55.4 Å². The second-order valence-corrected chi connectivity index (χ2v) is 4.88. The molecule has 0 aliphatic rings. The minimum atomic E-state index is -4.69. The van der Waals surface area contributed by atoms with Crippen molar-refractivity contribution in [3.63, 3.8) is 0 Å². The largest absolute Gasteiger partial charge is 0.497 e. The second-order valence-electron chi connectivity index (χ2n) is 4.88. The van der Waals surface area contributed by atoms with E-state index in [1.165, 1.54) is 14.2 Å². The van der Waals surface area contributed by atoms with Gasteiger partial charge in [0.15, 0.2) is 6.10 Å². The summed E-state index contributed by atoms with van der Waals surface area (Å²) in [7, 11) is 2.86. The standard InChI is InChI=1S/C14H19F3N2O3/c1-19(8-12(20)14(15,16)17)9-13(21)18-7-10-4-3-5-11(6-10)22-2/h3-6,12,20H,7-9H2,1-2H3,(H,18,21). The molecule has 1 atom stereocenters. The molecule has 1 amide bonds. The zero-order valence-corrected chi connectivity index (χ0v) is 12.4. The fourth-order valence-electron chi connectivity index (χ4n) is 1.75. The Morgan fingerprint density at radius 3 is 2.73 bits per heavy atom. The highest BCUT2D eigenvalue weighted by Crippen LogP contribution is 2.20. The minimum Gasteiger partial charge on any atom is -0.497 e. The van der Waals surface area contributed by atoms with E-state index >= 15 is 0 Å². The van der Waals surface area contributed by atoms with Crippen LogP contribution in [0, 0.1) is 0 Å². The third kappa shape index (κ3) is 6.31. The average molecular weight is 320 g/mol. The number of likely N-dealkylation sites (N-methyl/N-ethyl adjacent to an activating group) is 1. The van der Waals surface area contributed by atoms with Gasteiger partial charge in [-0.2, -0.15) is 13.2 Å². The Balaban J connectivity index is 2.39. The Kier molecular flexibility index (Phi) is 6.63. The molecule has 0 saturated heterocycles. The molecule has 1 unspecified atom stereocenters. The average Bonchev–Trinajstić information content (AvgIpc) is 2.44. The summed E-state index contributed by atoms with van der Waals surface area (Å²) in [6, 6.07) is 7.07. The molecule has 0 bridgehead atoms. The van der Waals surface area contributed by atoms with Gasteiger partial charge in [0.1, 0.15) is 5.75 Å². The van der Waals surface area contributed by atoms with Gasteiger partial charge in [0.05, 0.1) is 13.7 Å². The Morgan fingerprint density at radius 1 is 1.45 bits per heavy atom. The summed E-state index contributed by atoms with van der Waals surface area (Å²) in [6.07, 6.45) is -7.16. The first-order chi connectivity index (χ1) is 10.2. The topological polar surface area (TPSA) is 61.8 Å². The van der Waals surface area contributed by atoms with Gasteiger partial charge >= 0.3 is 6.18 Å². The molecule has 5 nitrogen and oxygen atoms in total. The van der Waals surface area contributed by atoms with Crippen molar-refractivity contribution in [3.05, 3.63) is 29.8 Å². The molecule has 0 heterocycles. The van der Waals surface area contributed by atoms with Crippen LogP contribution >= 0.6 is 0 Å². The van der Waals surface area contributed by atoms with Gasteiger partial charge < -0.3 is 15.2 Å². The van der Waals surface area contributed by atoms with Crippen LogP contribution in [0.2, 0.25) is 0 Å². The Bertz CT molecular complexity index is 494. The summed E-state index contributed by atoms with van der Waals surface area (Å²) >= 11 is 0. The van der Waals surface area contributed by atoms with Gasteiger partial charge in [0.25, 0.3) is 0 Å². The maximum atomic E-state index is 12.2. The van der Waals surface area contributed by atoms with Crippen LogP contribution in [0.15, 0.2) is 24.3 Å². The molecule has 0 saturated carbocycles. The lowest BCUT2D eigenvalue weighted by Crippen LogP contribution is -2.43. The molecular weight excluding hydrogens is 301 g/mol. The quantitative estimate of drug-likeness (QED) is 0.792. The number of nitrogens with zero attached hydrogens (tertiary/aromatic N) is 1. The van der Waals surface area contributed by atoms with Crippen LogP contribution in [0.25, 0.3) is 0 Å². The number of hydrogen-bond acceptors (Lipinski definition) is 4. The molecular formula is C14H19F3N2O3. The molecule has 0 aliphatic heterocycles. The highest BCUT2D eigenvalue weighted by molar-refractivity contribution is 5.77. The molecule has 0 fully saturated rings. The molecule has 22 heavy (non-hydrogen) atoms. The fourth-order valence-corrected chi connectivity index (χ4v) is 1.75. The zero-order chi connectivity index (χ0) is 16.8. The van der Waals surface area contributed by atoms with E-state index in [4.69, 9.17) is 9.84 Å². The minimum absolute atomic E-state index is 0.239. The van der Waals surface area contributed by atoms with E-state index in [9.17, 15) is 18.0 Å². The van der Waals surface area contributed by atoms with Gasteiger partial charge in [-0.3, -0.25) is 9.69 Å². The van der Waals surface area contributed by atoms with Crippen molar-refractivity contribution in [3.8, 4) is 5.75 Å². The van der Waals surface area contributed by atoms with Gasteiger partial charge in [-0.1, -0.05) is 12.1 Å². The third-order valence-corrected chi connectivity index (χ3v) is 2.90. The van der Waals surface area contributed by atoms with E-state index < -0.39 is 24.7 Å². The number of ether oxygens (including phenoxy) is 1. The maximum absolute atomic E-state index is 12.2. The van der Waals surface area contributed by atoms with Crippen molar-refractivity contribution >= 4 is 5.91 Å². The van der Waals surface area contributed by atoms with Crippen molar-refractivity contribution < 1.29 is 27.8 Å². The second kappa shape index (κ2) is 8.00. The molecule has 0 spiro atoms. The van der Waals surface area contributed by atoms with Crippen molar-refractivity contribution in [1.82, 2.24) is 10.2 Å². The zero-order valence-electron chi connectivity index (χ0n) is 12.4. The molecule has 0 radical (unpaired) electrons. The normalized spacial score (nSPS) is 13.0. The summed E-state index contributed by atoms with van der Waals surface area (Å²) in [6.45, 7) is -0.654. The lowest BCUT2D eigenvalue weighted by atomic mass is 10.2. The van der Waals surface area contributed by atoms with Crippen LogP contribution in [-0.2, 0) is 11.3 Å². The number of aliphatic hydroxyl groups is 1. The molecule has 1 aromatic carbocycles. The van der Waals surface area contributed by atoms with Gasteiger partial charge in [-0.25, -0.2) is 0 Å². The summed E-state index contributed by atoms with van der Waals surface area (Å²) in [5, 5.41) is 11.5. The van der Waals surface area contributed by atoms with Crippen molar-refractivity contribution in [2.75, 3.05) is 27.2 Å². The lowest BCUT2D eigenvalue weighted by molar-refractivity contribution is -0.207. The molecule has 0 aliphatic carbocycles. The van der Waals surface area contributed by atoms with Crippen molar-refractivity contribution in [2.45, 2.75) is 18.8 Å². The Hall–Kier alpha value is -1.80. The molecule has 8 heteroatoms. The van der Waals surface area contributed by atoms with Gasteiger partial charge in [-0.05, 0) is 24.7 Å². The first kappa shape index (κ1) is 18.2. The van der Waals surface area contributed by atoms with E-state index in [1.54, 1.807) is 24.3 Å². The number of nitrogens with one attached hydrogen (secondary N) is 1. The summed E-state index contributed by atoms with van der Waals surface area (Å²) < 4.78 is 41.6. The van der Waals surface area contributed by atoms with Crippen LogP contribution in [0.5, 0.6) is 5.75 Å². The number of alkyl halides is 3. The highest BCUT2D eigenvalue weighted by Gasteiger charge is 2.38. The van der Waals surface area contributed by atoms with Gasteiger partial charge in [0.2, 0.25) is 5.91 Å². The molecule has 1 rings (SSSR count). The van der Waals surface area contributed by atoms with Crippen molar-refractivity contribution in [2.24, 2.45) is 0 Å². The maximum Gasteiger partial charge on any atom is 0.415 e. The van der Waals surface area contributed by atoms with Gasteiger partial charge in [-0.15, -0.1) is 0 Å². The first-order valence-electron chi connectivity index (χ1n) is 6.55. The lowest BCUT2D eigenvalue weighted by Gasteiger charge is -2.21. The predicted molar refractivity (Wildman–Crippen MR) is 74.4 cm³/mol. The number of benzene rings is 1. The van der Waals surface area contributed by atoms with Crippen LogP contribution in [0.1, 0.15) is 5.56 Å². The number of carbonyl (C=O) groups is 1. The predicted octanol–water partition coefficient (Wildman–Crippen LogP) is 1.17.